The molecule has 0 aliphatic carbocycles. The lowest BCUT2D eigenvalue weighted by Gasteiger charge is -2.25. The smallest absolute Gasteiger partial charge is 0.227 e. The van der Waals surface area contributed by atoms with E-state index in [4.69, 9.17) is 4.74 Å². The molecule has 2 aliphatic rings. The molecule has 0 unspecified atom stereocenters. The minimum atomic E-state index is 0.222. The van der Waals surface area contributed by atoms with Crippen molar-refractivity contribution in [1.29, 1.82) is 0 Å². The number of benzene rings is 2. The average Bonchev–Trinajstić information content (AvgIpc) is 3.23. The van der Waals surface area contributed by atoms with Crippen LogP contribution in [0.3, 0.4) is 0 Å². The van der Waals surface area contributed by atoms with Crippen molar-refractivity contribution in [3.63, 3.8) is 0 Å². The van der Waals surface area contributed by atoms with Gasteiger partial charge in [-0.15, -0.1) is 0 Å². The molecular weight excluding hydrogens is 388 g/mol. The molecule has 4 rings (SSSR count). The van der Waals surface area contributed by atoms with Crippen LogP contribution < -0.4 is 9.64 Å². The van der Waals surface area contributed by atoms with Crippen molar-refractivity contribution in [2.45, 2.75) is 44.9 Å². The highest BCUT2D eigenvalue weighted by atomic mass is 16.5. The highest BCUT2D eigenvalue weighted by molar-refractivity contribution is 6.02. The monoisotopic (exact) mass is 420 g/mol. The van der Waals surface area contributed by atoms with E-state index in [1.54, 1.807) is 7.11 Å². The van der Waals surface area contributed by atoms with Crippen molar-refractivity contribution in [3.8, 4) is 5.75 Å². The van der Waals surface area contributed by atoms with Crippen LogP contribution in [0.25, 0.3) is 0 Å². The number of unbranched alkanes of at least 4 members (excludes halogenated alkanes) is 1. The first-order valence-electron chi connectivity index (χ1n) is 11.4. The molecule has 2 aliphatic heterocycles. The SMILES string of the molecule is COc1ccccc1CCN(C)CCCCC(=O)c1cc2c3c(c1)CCN3C(=O)CC2. The Balaban J connectivity index is 1.23. The fraction of sp³-hybridized carbons (Fsp3) is 0.462. The molecule has 31 heavy (non-hydrogen) atoms. The fourth-order valence-electron chi connectivity index (χ4n) is 4.76. The van der Waals surface area contributed by atoms with Crippen LogP contribution in [0.2, 0.25) is 0 Å². The number of ether oxygens (including phenoxy) is 1. The molecule has 0 saturated carbocycles. The normalized spacial score (nSPS) is 14.8. The molecular formula is C26H32N2O3. The zero-order chi connectivity index (χ0) is 21.8. The Labute approximate surface area is 185 Å². The van der Waals surface area contributed by atoms with E-state index in [1.165, 1.54) is 16.7 Å². The van der Waals surface area contributed by atoms with Crippen molar-refractivity contribution in [2.24, 2.45) is 0 Å². The number of hydrogen-bond acceptors (Lipinski definition) is 4. The van der Waals surface area contributed by atoms with E-state index in [-0.39, 0.29) is 11.7 Å². The van der Waals surface area contributed by atoms with Crippen LogP contribution in [0, 0.1) is 0 Å². The Hall–Kier alpha value is -2.66. The number of nitrogens with zero attached hydrogens (tertiary/aromatic N) is 2. The first-order valence-corrected chi connectivity index (χ1v) is 11.4. The van der Waals surface area contributed by atoms with Gasteiger partial charge in [-0.2, -0.15) is 0 Å². The summed E-state index contributed by atoms with van der Waals surface area (Å²) in [5, 5.41) is 0. The predicted octanol–water partition coefficient (Wildman–Crippen LogP) is 4.06. The van der Waals surface area contributed by atoms with Gasteiger partial charge in [-0.1, -0.05) is 18.2 Å². The van der Waals surface area contributed by atoms with E-state index >= 15 is 0 Å². The standard InChI is InChI=1S/C26H32N2O3/c1-27(15-12-19-7-3-4-9-24(19)31-2)14-6-5-8-23(29)22-17-20-10-11-25(30)28-16-13-21(18-22)26(20)28/h3-4,7,9,17-18H,5-6,8,10-16H2,1-2H3. The lowest BCUT2D eigenvalue weighted by molar-refractivity contribution is -0.118. The van der Waals surface area contributed by atoms with Crippen LogP contribution in [0.15, 0.2) is 36.4 Å². The second-order valence-corrected chi connectivity index (χ2v) is 8.68. The summed E-state index contributed by atoms with van der Waals surface area (Å²) >= 11 is 0. The molecule has 0 radical (unpaired) electrons. The quantitative estimate of drug-likeness (QED) is 0.430. The summed E-state index contributed by atoms with van der Waals surface area (Å²) < 4.78 is 5.43. The number of aryl methyl sites for hydroxylation is 1. The van der Waals surface area contributed by atoms with E-state index in [0.29, 0.717) is 12.8 Å². The van der Waals surface area contributed by atoms with Crippen molar-refractivity contribution in [3.05, 3.63) is 58.7 Å². The molecule has 0 bridgehead atoms. The van der Waals surface area contributed by atoms with Gasteiger partial charge in [-0.05, 0) is 80.6 Å². The zero-order valence-electron chi connectivity index (χ0n) is 18.7. The molecule has 0 fully saturated rings. The number of carbonyl (C=O) groups is 2. The second kappa shape index (κ2) is 9.65. The third-order valence-corrected chi connectivity index (χ3v) is 6.52. The number of hydrogen-bond donors (Lipinski definition) is 0. The van der Waals surface area contributed by atoms with Gasteiger partial charge >= 0.3 is 0 Å². The van der Waals surface area contributed by atoms with Gasteiger partial charge in [0.05, 0.1) is 12.8 Å². The summed E-state index contributed by atoms with van der Waals surface area (Å²) in [6.45, 7) is 2.71. The topological polar surface area (TPSA) is 49.9 Å². The molecule has 5 nitrogen and oxygen atoms in total. The summed E-state index contributed by atoms with van der Waals surface area (Å²) in [5.74, 6) is 1.40. The second-order valence-electron chi connectivity index (χ2n) is 8.68. The number of rotatable bonds is 10. The molecule has 0 aromatic heterocycles. The fourth-order valence-corrected chi connectivity index (χ4v) is 4.76. The molecule has 2 aromatic rings. The van der Waals surface area contributed by atoms with Crippen LogP contribution in [-0.4, -0.2) is 50.4 Å². The molecule has 5 heteroatoms. The third kappa shape index (κ3) is 4.82. The van der Waals surface area contributed by atoms with Gasteiger partial charge in [0.2, 0.25) is 5.91 Å². The minimum Gasteiger partial charge on any atom is -0.496 e. The molecule has 164 valence electrons. The molecule has 1 amide bonds. The van der Waals surface area contributed by atoms with Gasteiger partial charge in [-0.25, -0.2) is 0 Å². The summed E-state index contributed by atoms with van der Waals surface area (Å²) in [5.41, 5.74) is 5.49. The lowest BCUT2D eigenvalue weighted by Crippen LogP contribution is -2.32. The number of carbonyl (C=O) groups excluding carboxylic acids is 2. The van der Waals surface area contributed by atoms with E-state index in [0.717, 1.165) is 68.7 Å². The largest absolute Gasteiger partial charge is 0.496 e. The van der Waals surface area contributed by atoms with E-state index < -0.39 is 0 Å². The number of ketones is 1. The summed E-state index contributed by atoms with van der Waals surface area (Å²) in [6.07, 6.45) is 5.63. The number of Topliss-reactive ketones (excluding diaryl/α,β-unsaturated/α-hetero) is 1. The number of para-hydroxylation sites is 1. The average molecular weight is 421 g/mol. The first-order chi connectivity index (χ1) is 15.1. The van der Waals surface area contributed by atoms with E-state index in [9.17, 15) is 9.59 Å². The number of anilines is 1. The van der Waals surface area contributed by atoms with Crippen molar-refractivity contribution in [2.75, 3.05) is 38.7 Å². The zero-order valence-corrected chi connectivity index (χ0v) is 18.7. The van der Waals surface area contributed by atoms with Crippen LogP contribution in [-0.2, 0) is 24.1 Å². The van der Waals surface area contributed by atoms with Crippen molar-refractivity contribution in [1.82, 2.24) is 4.90 Å². The van der Waals surface area contributed by atoms with Gasteiger partial charge in [0, 0.05) is 31.5 Å². The summed E-state index contributed by atoms with van der Waals surface area (Å²) in [4.78, 5) is 29.1. The maximum atomic E-state index is 12.8. The van der Waals surface area contributed by atoms with Gasteiger partial charge in [-0.3, -0.25) is 9.59 Å². The van der Waals surface area contributed by atoms with Gasteiger partial charge in [0.15, 0.2) is 5.78 Å². The van der Waals surface area contributed by atoms with Crippen LogP contribution in [0.5, 0.6) is 5.75 Å². The number of methoxy groups -OCH3 is 1. The molecule has 0 spiro atoms. The predicted molar refractivity (Wildman–Crippen MR) is 123 cm³/mol. The molecule has 0 saturated heterocycles. The van der Waals surface area contributed by atoms with Gasteiger partial charge in [0.25, 0.3) is 0 Å². The maximum absolute atomic E-state index is 12.8. The highest BCUT2D eigenvalue weighted by Crippen LogP contribution is 2.37. The Morgan fingerprint density at radius 3 is 2.65 bits per heavy atom. The first kappa shape index (κ1) is 21.6. The molecule has 0 N–H and O–H groups in total. The number of likely N-dealkylation sites (N-methyl/N-ethyl adjacent to an activating group) is 1. The highest BCUT2D eigenvalue weighted by Gasteiger charge is 2.31. The maximum Gasteiger partial charge on any atom is 0.227 e. The van der Waals surface area contributed by atoms with E-state index in [1.807, 2.05) is 35.2 Å². The molecule has 2 heterocycles. The van der Waals surface area contributed by atoms with Gasteiger partial charge in [0.1, 0.15) is 5.75 Å². The number of amides is 1. The van der Waals surface area contributed by atoms with E-state index in [2.05, 4.69) is 18.0 Å². The third-order valence-electron chi connectivity index (χ3n) is 6.52. The van der Waals surface area contributed by atoms with Crippen LogP contribution in [0.1, 0.15) is 52.7 Å². The van der Waals surface area contributed by atoms with Crippen LogP contribution in [0.4, 0.5) is 5.69 Å². The minimum absolute atomic E-state index is 0.222. The Morgan fingerprint density at radius 1 is 1.06 bits per heavy atom. The summed E-state index contributed by atoms with van der Waals surface area (Å²) in [7, 11) is 3.85. The van der Waals surface area contributed by atoms with Crippen molar-refractivity contribution < 1.29 is 14.3 Å². The summed E-state index contributed by atoms with van der Waals surface area (Å²) in [6, 6.07) is 12.2. The van der Waals surface area contributed by atoms with Crippen LogP contribution >= 0.6 is 0 Å². The van der Waals surface area contributed by atoms with Gasteiger partial charge < -0.3 is 14.5 Å². The Kier molecular flexibility index (Phi) is 6.71. The Bertz CT molecular complexity index is 969. The molecule has 0 atom stereocenters. The lowest BCUT2D eigenvalue weighted by atomic mass is 9.94. The Morgan fingerprint density at radius 2 is 1.84 bits per heavy atom. The molecule has 2 aromatic carbocycles. The van der Waals surface area contributed by atoms with Crippen molar-refractivity contribution >= 4 is 17.4 Å².